The number of unbranched alkanes of at least 4 members (excludes halogenated alkanes) is 1. The molecule has 0 radical (unpaired) electrons. The number of nitrogens with two attached hydrogens (primary N) is 1. The zero-order valence-electron chi connectivity index (χ0n) is 22.0. The van der Waals surface area contributed by atoms with Crippen LogP contribution in [0.2, 0.25) is 0 Å². The number of rotatable bonds is 13. The molecule has 0 aromatic heterocycles. The number of ketones is 2. The number of nitrogens with zero attached hydrogens (tertiary/aromatic N) is 1. The van der Waals surface area contributed by atoms with E-state index in [9.17, 15) is 9.59 Å². The van der Waals surface area contributed by atoms with Crippen molar-refractivity contribution in [2.24, 2.45) is 10.9 Å². The molecule has 0 aliphatic rings. The number of carbonyl (C=O) groups excluding carboxylic acids is 2. The van der Waals surface area contributed by atoms with E-state index in [0.29, 0.717) is 42.6 Å². The molecule has 3 aromatic carbocycles. The predicted molar refractivity (Wildman–Crippen MR) is 151 cm³/mol. The van der Waals surface area contributed by atoms with E-state index in [2.05, 4.69) is 55.9 Å². The van der Waals surface area contributed by atoms with E-state index in [1.54, 1.807) is 31.2 Å². The highest BCUT2D eigenvalue weighted by molar-refractivity contribution is 6.02. The number of hydrogen-bond donors (Lipinski definition) is 1. The van der Waals surface area contributed by atoms with Crippen LogP contribution >= 0.6 is 0 Å². The molecule has 5 nitrogen and oxygen atoms in total. The second-order valence-corrected chi connectivity index (χ2v) is 9.34. The number of Topliss-reactive ketones (excluding diaryl/α,β-unsaturated/α-hetero) is 2. The van der Waals surface area contributed by atoms with Crippen molar-refractivity contribution in [1.82, 2.24) is 0 Å². The van der Waals surface area contributed by atoms with Gasteiger partial charge in [-0.1, -0.05) is 79.7 Å². The summed E-state index contributed by atoms with van der Waals surface area (Å²) in [5.41, 5.74) is 13.1. The molecule has 0 spiro atoms. The molecule has 2 N–H and O–H groups in total. The van der Waals surface area contributed by atoms with Gasteiger partial charge < -0.3 is 15.4 Å². The van der Waals surface area contributed by atoms with Gasteiger partial charge in [-0.3, -0.25) is 4.79 Å². The number of benzene rings is 3. The molecule has 3 aromatic rings. The smallest absolute Gasteiger partial charge is 0.170 e. The minimum absolute atomic E-state index is 0.0146. The van der Waals surface area contributed by atoms with Crippen LogP contribution in [0.4, 0.5) is 0 Å². The van der Waals surface area contributed by atoms with Gasteiger partial charge in [0.05, 0.1) is 0 Å². The summed E-state index contributed by atoms with van der Waals surface area (Å²) < 4.78 is 0. The van der Waals surface area contributed by atoms with Crippen molar-refractivity contribution in [3.63, 3.8) is 0 Å². The Morgan fingerprint density at radius 2 is 1.62 bits per heavy atom. The van der Waals surface area contributed by atoms with Crippen molar-refractivity contribution in [2.45, 2.75) is 59.3 Å². The lowest BCUT2D eigenvalue weighted by atomic mass is 9.92. The Balaban J connectivity index is 1.71. The molecule has 0 amide bonds. The van der Waals surface area contributed by atoms with Crippen molar-refractivity contribution in [3.05, 3.63) is 101 Å². The number of aryl methyl sites for hydroxylation is 2. The maximum absolute atomic E-state index is 12.5. The van der Waals surface area contributed by atoms with Gasteiger partial charge >= 0.3 is 0 Å². The Labute approximate surface area is 220 Å². The van der Waals surface area contributed by atoms with Crippen LogP contribution in [-0.2, 0) is 16.1 Å². The van der Waals surface area contributed by atoms with Crippen molar-refractivity contribution in [1.29, 1.82) is 0 Å². The van der Waals surface area contributed by atoms with Gasteiger partial charge in [0.1, 0.15) is 5.78 Å². The summed E-state index contributed by atoms with van der Waals surface area (Å²) in [4.78, 5) is 29.2. The lowest BCUT2D eigenvalue weighted by Crippen LogP contribution is -2.14. The van der Waals surface area contributed by atoms with Gasteiger partial charge in [0, 0.05) is 29.5 Å². The zero-order chi connectivity index (χ0) is 26.8. The fourth-order valence-corrected chi connectivity index (χ4v) is 4.25. The molecule has 0 heterocycles. The highest BCUT2D eigenvalue weighted by atomic mass is 16.6. The van der Waals surface area contributed by atoms with Crippen LogP contribution in [0.25, 0.3) is 16.9 Å². The third-order valence-electron chi connectivity index (χ3n) is 6.30. The van der Waals surface area contributed by atoms with Gasteiger partial charge in [0.15, 0.2) is 17.4 Å². The predicted octanol–water partition coefficient (Wildman–Crippen LogP) is 7.25. The van der Waals surface area contributed by atoms with Gasteiger partial charge in [-0.25, -0.2) is 0 Å². The van der Waals surface area contributed by atoms with Crippen LogP contribution < -0.4 is 5.73 Å². The monoisotopic (exact) mass is 496 g/mol. The van der Waals surface area contributed by atoms with E-state index in [0.717, 1.165) is 18.4 Å². The number of carbonyl (C=O) groups is 2. The summed E-state index contributed by atoms with van der Waals surface area (Å²) in [6, 6.07) is 21.6. The van der Waals surface area contributed by atoms with Crippen LogP contribution in [0.1, 0.15) is 78.6 Å². The average molecular weight is 497 g/mol. The molecule has 37 heavy (non-hydrogen) atoms. The largest absolute Gasteiger partial charge is 0.380 e. The third-order valence-corrected chi connectivity index (χ3v) is 6.30. The quantitative estimate of drug-likeness (QED) is 0.0674. The Bertz CT molecular complexity index is 1310. The van der Waals surface area contributed by atoms with Gasteiger partial charge in [0.2, 0.25) is 0 Å². The minimum atomic E-state index is 0.0146. The highest BCUT2D eigenvalue weighted by Gasteiger charge is 2.12. The first-order valence-electron chi connectivity index (χ1n) is 12.8. The van der Waals surface area contributed by atoms with E-state index >= 15 is 0 Å². The number of amidine groups is 1. The molecule has 0 unspecified atom stereocenters. The summed E-state index contributed by atoms with van der Waals surface area (Å²) in [6.07, 6.45) is 4.24. The SMILES string of the molecule is C=C(O/N=C(\N)c1cccc(C(=O)CCCCC(C)=O)c1)c1ccc(-c2ccccc2C)c(CCC)c1. The van der Waals surface area contributed by atoms with E-state index in [1.165, 1.54) is 22.3 Å². The van der Waals surface area contributed by atoms with Crippen molar-refractivity contribution in [2.75, 3.05) is 0 Å². The first kappa shape index (κ1) is 27.6. The molecule has 0 bridgehead atoms. The van der Waals surface area contributed by atoms with Crippen LogP contribution in [0.5, 0.6) is 0 Å². The van der Waals surface area contributed by atoms with Gasteiger partial charge in [-0.05, 0) is 67.5 Å². The Morgan fingerprint density at radius 3 is 2.35 bits per heavy atom. The molecule has 0 atom stereocenters. The minimum Gasteiger partial charge on any atom is -0.380 e. The van der Waals surface area contributed by atoms with Crippen LogP contribution in [-0.4, -0.2) is 17.4 Å². The van der Waals surface area contributed by atoms with Gasteiger partial charge in [0.25, 0.3) is 0 Å². The van der Waals surface area contributed by atoms with Crippen molar-refractivity contribution >= 4 is 23.2 Å². The van der Waals surface area contributed by atoms with Gasteiger partial charge in [-0.2, -0.15) is 0 Å². The lowest BCUT2D eigenvalue weighted by molar-refractivity contribution is -0.117. The molecular formula is C32H36N2O3. The Morgan fingerprint density at radius 1 is 0.892 bits per heavy atom. The second kappa shape index (κ2) is 13.4. The molecule has 0 saturated carbocycles. The first-order chi connectivity index (χ1) is 17.8. The molecule has 0 saturated heterocycles. The summed E-state index contributed by atoms with van der Waals surface area (Å²) in [5, 5.41) is 4.08. The number of hydrogen-bond acceptors (Lipinski definition) is 4. The molecule has 3 rings (SSSR count). The maximum Gasteiger partial charge on any atom is 0.170 e. The van der Waals surface area contributed by atoms with Crippen LogP contribution in [0, 0.1) is 6.92 Å². The summed E-state index contributed by atoms with van der Waals surface area (Å²) >= 11 is 0. The van der Waals surface area contributed by atoms with E-state index in [-0.39, 0.29) is 17.4 Å². The first-order valence-corrected chi connectivity index (χ1v) is 12.8. The number of oxime groups is 1. The molecule has 5 heteroatoms. The van der Waals surface area contributed by atoms with Crippen molar-refractivity contribution < 1.29 is 14.4 Å². The summed E-state index contributed by atoms with van der Waals surface area (Å²) in [5.74, 6) is 0.719. The van der Waals surface area contributed by atoms with Gasteiger partial charge in [-0.15, -0.1) is 0 Å². The second-order valence-electron chi connectivity index (χ2n) is 9.34. The van der Waals surface area contributed by atoms with E-state index in [4.69, 9.17) is 10.6 Å². The molecular weight excluding hydrogens is 460 g/mol. The van der Waals surface area contributed by atoms with E-state index in [1.807, 2.05) is 12.1 Å². The summed E-state index contributed by atoms with van der Waals surface area (Å²) in [6.45, 7) is 9.90. The lowest BCUT2D eigenvalue weighted by Gasteiger charge is -2.14. The maximum atomic E-state index is 12.5. The van der Waals surface area contributed by atoms with Crippen molar-refractivity contribution in [3.8, 4) is 11.1 Å². The van der Waals surface area contributed by atoms with E-state index < -0.39 is 0 Å². The fourth-order valence-electron chi connectivity index (χ4n) is 4.25. The Hall–Kier alpha value is -3.99. The van der Waals surface area contributed by atoms with Crippen LogP contribution in [0.15, 0.2) is 78.5 Å². The highest BCUT2D eigenvalue weighted by Crippen LogP contribution is 2.30. The molecule has 0 aliphatic heterocycles. The molecule has 0 aliphatic carbocycles. The molecule has 0 fully saturated rings. The third kappa shape index (κ3) is 7.74. The topological polar surface area (TPSA) is 81.8 Å². The Kier molecular flexibility index (Phi) is 9.96. The molecule has 192 valence electrons. The average Bonchev–Trinajstić information content (AvgIpc) is 2.90. The van der Waals surface area contributed by atoms with Crippen LogP contribution in [0.3, 0.4) is 0 Å². The summed E-state index contributed by atoms with van der Waals surface area (Å²) in [7, 11) is 0. The fraction of sp³-hybridized carbons (Fsp3) is 0.281. The standard InChI is InChI=1S/C32H36N2O3/c1-5-11-26-20-25(18-19-30(26)29-16-8-6-12-22(29)2)24(4)37-34-32(33)28-15-10-14-27(21-28)31(36)17-9-7-13-23(3)35/h6,8,10,12,14-16,18-21H,4-5,7,9,11,13,17H2,1-3H3,(H2,33,34). The normalized spacial score (nSPS) is 11.3. The zero-order valence-corrected chi connectivity index (χ0v) is 22.0.